The van der Waals surface area contributed by atoms with E-state index in [-0.39, 0.29) is 5.92 Å². The lowest BCUT2D eigenvalue weighted by atomic mass is 10.0. The van der Waals surface area contributed by atoms with Crippen LogP contribution in [0.2, 0.25) is 0 Å². The molecule has 0 spiro atoms. The fourth-order valence-corrected chi connectivity index (χ4v) is 2.76. The van der Waals surface area contributed by atoms with Crippen molar-refractivity contribution in [1.82, 2.24) is 10.0 Å². The molecule has 2 N–H and O–H groups in total. The van der Waals surface area contributed by atoms with Gasteiger partial charge < -0.3 is 5.32 Å². The van der Waals surface area contributed by atoms with Crippen molar-refractivity contribution in [3.63, 3.8) is 0 Å². The molecule has 0 aliphatic carbocycles. The molecule has 0 unspecified atom stereocenters. The number of hydrogen-bond donors (Lipinski definition) is 2. The molecule has 0 radical (unpaired) electrons. The zero-order valence-corrected chi connectivity index (χ0v) is 10.3. The highest BCUT2D eigenvalue weighted by molar-refractivity contribution is 7.89. The molecule has 0 saturated carbocycles. The van der Waals surface area contributed by atoms with Gasteiger partial charge >= 0.3 is 0 Å². The fraction of sp³-hybridized carbons (Fsp3) is 0.364. The average molecular weight is 272 g/mol. The maximum atomic E-state index is 12.9. The second-order valence-corrected chi connectivity index (χ2v) is 5.93. The minimum Gasteiger partial charge on any atom is -0.315 e. The summed E-state index contributed by atoms with van der Waals surface area (Å²) < 4.78 is 38.3. The van der Waals surface area contributed by atoms with Gasteiger partial charge in [0.05, 0.1) is 11.7 Å². The third kappa shape index (κ3) is 3.27. The molecule has 0 atom stereocenters. The van der Waals surface area contributed by atoms with E-state index in [0.29, 0.717) is 18.7 Å². The highest BCUT2D eigenvalue weighted by Gasteiger charge is 2.28. The largest absolute Gasteiger partial charge is 0.315 e. The van der Waals surface area contributed by atoms with Crippen molar-refractivity contribution in [3.8, 4) is 0 Å². The summed E-state index contributed by atoms with van der Waals surface area (Å²) in [5, 5.41) is 2.88. The lowest BCUT2D eigenvalue weighted by Gasteiger charge is -2.25. The Bertz CT molecular complexity index is 555. The Labute approximate surface area is 104 Å². The number of benzene rings is 1. The van der Waals surface area contributed by atoms with E-state index < -0.39 is 27.5 Å². The van der Waals surface area contributed by atoms with Crippen LogP contribution < -0.4 is 10.0 Å². The predicted molar refractivity (Wildman–Crippen MR) is 63.5 cm³/mol. The van der Waals surface area contributed by atoms with Gasteiger partial charge in [-0.1, -0.05) is 12.1 Å². The third-order valence-electron chi connectivity index (χ3n) is 2.65. The van der Waals surface area contributed by atoms with Gasteiger partial charge in [-0.2, -0.15) is 0 Å². The molecule has 0 bridgehead atoms. The molecule has 18 heavy (non-hydrogen) atoms. The number of amides is 1. The highest BCUT2D eigenvalue weighted by Crippen LogP contribution is 2.09. The maximum absolute atomic E-state index is 12.9. The zero-order chi connectivity index (χ0) is 13.2. The number of carbonyl (C=O) groups excluding carboxylic acids is 1. The van der Waals surface area contributed by atoms with Gasteiger partial charge in [-0.15, -0.1) is 0 Å². The molecule has 1 aliphatic heterocycles. The van der Waals surface area contributed by atoms with Crippen molar-refractivity contribution in [2.45, 2.75) is 5.75 Å². The second-order valence-electron chi connectivity index (χ2n) is 4.21. The summed E-state index contributed by atoms with van der Waals surface area (Å²) in [6, 6.07) is 5.29. The van der Waals surface area contributed by atoms with E-state index in [1.54, 1.807) is 0 Å². The standard InChI is InChI=1S/C11H13FN2O3S/c12-10-3-1-2-8(4-10)7-18(16,17)14-11(15)9-5-13-6-9/h1-4,9,13H,5-7H2,(H,14,15). The van der Waals surface area contributed by atoms with E-state index in [2.05, 4.69) is 5.32 Å². The third-order valence-corrected chi connectivity index (χ3v) is 3.88. The first kappa shape index (κ1) is 13.0. The Kier molecular flexibility index (Phi) is 3.63. The topological polar surface area (TPSA) is 75.3 Å². The van der Waals surface area contributed by atoms with Gasteiger partial charge in [-0.05, 0) is 17.7 Å². The van der Waals surface area contributed by atoms with Crippen LogP contribution in [0.15, 0.2) is 24.3 Å². The van der Waals surface area contributed by atoms with Gasteiger partial charge in [0.15, 0.2) is 0 Å². The monoisotopic (exact) mass is 272 g/mol. The average Bonchev–Trinajstić information content (AvgIpc) is 2.11. The zero-order valence-electron chi connectivity index (χ0n) is 9.52. The van der Waals surface area contributed by atoms with Crippen molar-refractivity contribution in [2.24, 2.45) is 5.92 Å². The molecule has 5 nitrogen and oxygen atoms in total. The maximum Gasteiger partial charge on any atom is 0.239 e. The normalized spacial score (nSPS) is 16.1. The molecule has 1 fully saturated rings. The molecule has 7 heteroatoms. The van der Waals surface area contributed by atoms with Crippen molar-refractivity contribution in [1.29, 1.82) is 0 Å². The number of halogens is 1. The second kappa shape index (κ2) is 5.03. The highest BCUT2D eigenvalue weighted by atomic mass is 32.2. The lowest BCUT2D eigenvalue weighted by molar-refractivity contribution is -0.124. The van der Waals surface area contributed by atoms with Crippen molar-refractivity contribution in [2.75, 3.05) is 13.1 Å². The van der Waals surface area contributed by atoms with Crippen LogP contribution in [-0.2, 0) is 20.6 Å². The summed E-state index contributed by atoms with van der Waals surface area (Å²) in [7, 11) is -3.77. The van der Waals surface area contributed by atoms with E-state index in [9.17, 15) is 17.6 Å². The van der Waals surface area contributed by atoms with E-state index in [1.165, 1.54) is 18.2 Å². The van der Waals surface area contributed by atoms with Gasteiger partial charge in [-0.3, -0.25) is 9.52 Å². The van der Waals surface area contributed by atoms with Crippen molar-refractivity contribution >= 4 is 15.9 Å². The Morgan fingerprint density at radius 1 is 1.44 bits per heavy atom. The first-order valence-corrected chi connectivity index (χ1v) is 7.11. The fourth-order valence-electron chi connectivity index (χ4n) is 1.59. The van der Waals surface area contributed by atoms with Crippen LogP contribution in [0.5, 0.6) is 0 Å². The number of nitrogens with one attached hydrogen (secondary N) is 2. The van der Waals surface area contributed by atoms with E-state index in [4.69, 9.17) is 0 Å². The molecule has 2 rings (SSSR count). The molecule has 1 amide bonds. The minimum atomic E-state index is -3.77. The molecule has 1 aliphatic rings. The van der Waals surface area contributed by atoms with Crippen molar-refractivity contribution in [3.05, 3.63) is 35.6 Å². The summed E-state index contributed by atoms with van der Waals surface area (Å²) >= 11 is 0. The summed E-state index contributed by atoms with van der Waals surface area (Å²) in [4.78, 5) is 11.5. The van der Waals surface area contributed by atoms with E-state index in [0.717, 1.165) is 6.07 Å². The first-order chi connectivity index (χ1) is 8.46. The smallest absolute Gasteiger partial charge is 0.239 e. The minimum absolute atomic E-state index is 0.299. The van der Waals surface area contributed by atoms with Gasteiger partial charge in [0.2, 0.25) is 15.9 Å². The van der Waals surface area contributed by atoms with Crippen LogP contribution in [0.3, 0.4) is 0 Å². The van der Waals surface area contributed by atoms with E-state index >= 15 is 0 Å². The summed E-state index contributed by atoms with van der Waals surface area (Å²) in [5.74, 6) is -1.72. The number of rotatable bonds is 4. The van der Waals surface area contributed by atoms with Crippen LogP contribution in [0.25, 0.3) is 0 Å². The molecule has 98 valence electrons. The van der Waals surface area contributed by atoms with Gasteiger partial charge in [-0.25, -0.2) is 12.8 Å². The Balaban J connectivity index is 2.00. The number of hydrogen-bond acceptors (Lipinski definition) is 4. The molecular weight excluding hydrogens is 259 g/mol. The van der Waals surface area contributed by atoms with Gasteiger partial charge in [0.1, 0.15) is 5.82 Å². The molecule has 1 aromatic carbocycles. The Hall–Kier alpha value is -1.47. The van der Waals surface area contributed by atoms with Crippen LogP contribution in [0.4, 0.5) is 4.39 Å². The quantitative estimate of drug-likeness (QED) is 0.808. The summed E-state index contributed by atoms with van der Waals surface area (Å²) in [5.41, 5.74) is 0.307. The van der Waals surface area contributed by atoms with Crippen LogP contribution in [0.1, 0.15) is 5.56 Å². The van der Waals surface area contributed by atoms with Crippen LogP contribution in [0, 0.1) is 11.7 Å². The van der Waals surface area contributed by atoms with Crippen LogP contribution in [-0.4, -0.2) is 27.4 Å². The summed E-state index contributed by atoms with van der Waals surface area (Å²) in [6.07, 6.45) is 0. The Morgan fingerprint density at radius 2 is 2.17 bits per heavy atom. The van der Waals surface area contributed by atoms with Crippen LogP contribution >= 0.6 is 0 Å². The first-order valence-electron chi connectivity index (χ1n) is 5.46. The number of sulfonamides is 1. The van der Waals surface area contributed by atoms with Gasteiger partial charge in [0, 0.05) is 13.1 Å². The molecular formula is C11H13FN2O3S. The molecule has 1 aromatic rings. The Morgan fingerprint density at radius 3 is 2.72 bits per heavy atom. The van der Waals surface area contributed by atoms with E-state index in [1.807, 2.05) is 4.72 Å². The van der Waals surface area contributed by atoms with Crippen molar-refractivity contribution < 1.29 is 17.6 Å². The summed E-state index contributed by atoms with van der Waals surface area (Å²) in [6.45, 7) is 0.975. The SMILES string of the molecule is O=C(NS(=O)(=O)Cc1cccc(F)c1)C1CNC1. The molecule has 1 saturated heterocycles. The predicted octanol–water partition coefficient (Wildman–Crippen LogP) is -0.00890. The molecule has 1 heterocycles. The molecule has 0 aromatic heterocycles. The van der Waals surface area contributed by atoms with Gasteiger partial charge in [0.25, 0.3) is 0 Å². The lowest BCUT2D eigenvalue weighted by Crippen LogP contribution is -2.52. The number of carbonyl (C=O) groups is 1.